The van der Waals surface area contributed by atoms with Gasteiger partial charge in [-0.1, -0.05) is 48.5 Å². The molecule has 3 aromatic carbocycles. The standard InChI is InChI=1S/C24H29N2O2.HI/c1-18(28-24(27)25-12-14-26(2,3)15-13-25)16-23-21-10-6-4-8-19(21)17-20-9-5-7-11-22(20)23;/h4-11,17-18H,12-16H2,1-3H3;1H/q+1;/p-1/t18-;/m0./s1. The number of ether oxygens (including phenoxy) is 1. The van der Waals surface area contributed by atoms with Crippen molar-refractivity contribution in [3.05, 3.63) is 60.2 Å². The van der Waals surface area contributed by atoms with Gasteiger partial charge in [-0.25, -0.2) is 4.79 Å². The number of hydrogen-bond acceptors (Lipinski definition) is 2. The van der Waals surface area contributed by atoms with Crippen LogP contribution in [-0.2, 0) is 11.2 Å². The SMILES string of the molecule is C[C@@H](Cc1c2ccccc2cc2ccccc12)OC(=O)N1CC[N+](C)(C)CC1.[I-]. The Labute approximate surface area is 190 Å². The highest BCUT2D eigenvalue weighted by molar-refractivity contribution is 6.02. The molecule has 0 radical (unpaired) electrons. The first kappa shape index (κ1) is 21.8. The molecule has 0 spiro atoms. The number of likely N-dealkylation sites (N-methyl/N-ethyl adjacent to an activating group) is 1. The number of rotatable bonds is 3. The van der Waals surface area contributed by atoms with Crippen LogP contribution in [0.25, 0.3) is 21.5 Å². The second-order valence-electron chi connectivity index (χ2n) is 8.57. The zero-order valence-corrected chi connectivity index (χ0v) is 19.6. The predicted molar refractivity (Wildman–Crippen MR) is 115 cm³/mol. The van der Waals surface area contributed by atoms with Crippen molar-refractivity contribution in [2.24, 2.45) is 0 Å². The Kier molecular flexibility index (Phi) is 6.69. The molecule has 0 N–H and O–H groups in total. The Morgan fingerprint density at radius 2 is 1.52 bits per heavy atom. The third-order valence-corrected chi connectivity index (χ3v) is 5.89. The molecule has 0 aromatic heterocycles. The van der Waals surface area contributed by atoms with Crippen LogP contribution in [0.1, 0.15) is 12.5 Å². The van der Waals surface area contributed by atoms with Gasteiger partial charge in [-0.3, -0.25) is 4.90 Å². The summed E-state index contributed by atoms with van der Waals surface area (Å²) in [4.78, 5) is 14.5. The summed E-state index contributed by atoms with van der Waals surface area (Å²) in [6.45, 7) is 5.46. The molecule has 4 nitrogen and oxygen atoms in total. The van der Waals surface area contributed by atoms with E-state index in [0.29, 0.717) is 6.42 Å². The predicted octanol–water partition coefficient (Wildman–Crippen LogP) is 1.46. The molecule has 4 rings (SSSR count). The van der Waals surface area contributed by atoms with Crippen LogP contribution in [-0.4, -0.2) is 61.9 Å². The average molecular weight is 504 g/mol. The van der Waals surface area contributed by atoms with Crippen molar-refractivity contribution in [3.8, 4) is 0 Å². The molecule has 1 amide bonds. The summed E-state index contributed by atoms with van der Waals surface area (Å²) in [7, 11) is 4.41. The third-order valence-electron chi connectivity index (χ3n) is 5.89. The van der Waals surface area contributed by atoms with Crippen LogP contribution in [0, 0.1) is 0 Å². The number of benzene rings is 3. The smallest absolute Gasteiger partial charge is 0.410 e. The Hall–Kier alpha value is -1.86. The number of nitrogens with zero attached hydrogens (tertiary/aromatic N) is 2. The van der Waals surface area contributed by atoms with E-state index in [-0.39, 0.29) is 36.2 Å². The largest absolute Gasteiger partial charge is 1.00 e. The maximum atomic E-state index is 12.6. The molecule has 29 heavy (non-hydrogen) atoms. The van der Waals surface area contributed by atoms with Gasteiger partial charge < -0.3 is 33.2 Å². The first-order chi connectivity index (χ1) is 13.4. The monoisotopic (exact) mass is 504 g/mol. The number of fused-ring (bicyclic) bond motifs is 2. The van der Waals surface area contributed by atoms with Crippen LogP contribution in [0.4, 0.5) is 4.79 Å². The van der Waals surface area contributed by atoms with E-state index in [9.17, 15) is 4.79 Å². The van der Waals surface area contributed by atoms with Gasteiger partial charge in [0, 0.05) is 6.42 Å². The zero-order chi connectivity index (χ0) is 19.7. The van der Waals surface area contributed by atoms with Gasteiger partial charge in [0.2, 0.25) is 0 Å². The van der Waals surface area contributed by atoms with Crippen LogP contribution in [0.3, 0.4) is 0 Å². The van der Waals surface area contributed by atoms with Gasteiger partial charge >= 0.3 is 6.09 Å². The first-order valence-electron chi connectivity index (χ1n) is 10.1. The molecule has 154 valence electrons. The van der Waals surface area contributed by atoms with Crippen LogP contribution in [0.2, 0.25) is 0 Å². The van der Waals surface area contributed by atoms with Crippen LogP contribution >= 0.6 is 0 Å². The molecule has 1 saturated heterocycles. The summed E-state index contributed by atoms with van der Waals surface area (Å²) in [5.74, 6) is 0. The van der Waals surface area contributed by atoms with E-state index < -0.39 is 0 Å². The number of quaternary nitrogens is 1. The number of amides is 1. The fourth-order valence-corrected chi connectivity index (χ4v) is 4.09. The zero-order valence-electron chi connectivity index (χ0n) is 17.4. The van der Waals surface area contributed by atoms with Crippen LogP contribution in [0.5, 0.6) is 0 Å². The quantitative estimate of drug-likeness (QED) is 0.307. The highest BCUT2D eigenvalue weighted by Crippen LogP contribution is 2.30. The van der Waals surface area contributed by atoms with Crippen molar-refractivity contribution < 1.29 is 38.0 Å². The lowest BCUT2D eigenvalue weighted by molar-refractivity contribution is -0.894. The molecule has 0 saturated carbocycles. The van der Waals surface area contributed by atoms with Crippen LogP contribution in [0.15, 0.2) is 54.6 Å². The van der Waals surface area contributed by atoms with E-state index in [4.69, 9.17) is 4.74 Å². The van der Waals surface area contributed by atoms with Gasteiger partial charge in [0.1, 0.15) is 6.10 Å². The normalized spacial score (nSPS) is 17.0. The van der Waals surface area contributed by atoms with Crippen molar-refractivity contribution in [2.45, 2.75) is 19.4 Å². The van der Waals surface area contributed by atoms with Gasteiger partial charge in [-0.2, -0.15) is 0 Å². The lowest BCUT2D eigenvalue weighted by atomic mass is 9.93. The van der Waals surface area contributed by atoms with Gasteiger partial charge in [0.15, 0.2) is 0 Å². The highest BCUT2D eigenvalue weighted by atomic mass is 127. The summed E-state index contributed by atoms with van der Waals surface area (Å²) >= 11 is 0. The Balaban J connectivity index is 0.00000240. The van der Waals surface area contributed by atoms with E-state index in [1.165, 1.54) is 27.1 Å². The molecule has 0 unspecified atom stereocenters. The van der Waals surface area contributed by atoms with E-state index in [1.807, 2.05) is 11.8 Å². The van der Waals surface area contributed by atoms with E-state index >= 15 is 0 Å². The van der Waals surface area contributed by atoms with Gasteiger partial charge in [-0.15, -0.1) is 0 Å². The fraction of sp³-hybridized carbons (Fsp3) is 0.375. The lowest BCUT2D eigenvalue weighted by Crippen LogP contribution is -3.00. The van der Waals surface area contributed by atoms with Crippen molar-refractivity contribution in [1.29, 1.82) is 0 Å². The Morgan fingerprint density at radius 3 is 2.07 bits per heavy atom. The minimum atomic E-state index is -0.184. The molecule has 1 fully saturated rings. The Bertz CT molecular complexity index is 954. The second kappa shape index (κ2) is 8.88. The summed E-state index contributed by atoms with van der Waals surface area (Å²) in [6, 6.07) is 19.1. The number of carbonyl (C=O) groups excluding carboxylic acids is 1. The molecule has 1 atom stereocenters. The highest BCUT2D eigenvalue weighted by Gasteiger charge is 2.29. The summed E-state index contributed by atoms with van der Waals surface area (Å²) in [6.07, 6.45) is 0.353. The van der Waals surface area contributed by atoms with Gasteiger partial charge in [0.25, 0.3) is 0 Å². The topological polar surface area (TPSA) is 29.5 Å². The van der Waals surface area contributed by atoms with Crippen molar-refractivity contribution in [2.75, 3.05) is 40.3 Å². The lowest BCUT2D eigenvalue weighted by Gasteiger charge is -2.38. The van der Waals surface area contributed by atoms with Crippen LogP contribution < -0.4 is 24.0 Å². The van der Waals surface area contributed by atoms with Crippen molar-refractivity contribution in [3.63, 3.8) is 0 Å². The molecule has 1 aliphatic heterocycles. The molecular formula is C24H29IN2O2. The molecule has 5 heteroatoms. The van der Waals surface area contributed by atoms with Gasteiger partial charge in [0.05, 0.1) is 40.3 Å². The second-order valence-corrected chi connectivity index (χ2v) is 8.57. The minimum absolute atomic E-state index is 0. The van der Waals surface area contributed by atoms with Crippen molar-refractivity contribution in [1.82, 2.24) is 4.90 Å². The van der Waals surface area contributed by atoms with E-state index in [0.717, 1.165) is 30.7 Å². The van der Waals surface area contributed by atoms with Gasteiger partial charge in [-0.05, 0) is 40.1 Å². The molecule has 0 aliphatic carbocycles. The molecular weight excluding hydrogens is 475 g/mol. The molecule has 1 heterocycles. The van der Waals surface area contributed by atoms with Crippen molar-refractivity contribution >= 4 is 27.6 Å². The third kappa shape index (κ3) is 4.83. The fourth-order valence-electron chi connectivity index (χ4n) is 4.09. The van der Waals surface area contributed by atoms with E-state index in [1.54, 1.807) is 0 Å². The molecule has 1 aliphatic rings. The number of carbonyl (C=O) groups is 1. The average Bonchev–Trinajstić information content (AvgIpc) is 2.67. The summed E-state index contributed by atoms with van der Waals surface area (Å²) < 4.78 is 6.80. The summed E-state index contributed by atoms with van der Waals surface area (Å²) in [5, 5.41) is 4.93. The maximum Gasteiger partial charge on any atom is 0.410 e. The summed E-state index contributed by atoms with van der Waals surface area (Å²) in [5.41, 5.74) is 1.26. The number of halogens is 1. The number of hydrogen-bond donors (Lipinski definition) is 0. The molecule has 0 bridgehead atoms. The first-order valence-corrected chi connectivity index (χ1v) is 10.1. The van der Waals surface area contributed by atoms with E-state index in [2.05, 4.69) is 68.7 Å². The minimum Gasteiger partial charge on any atom is -1.00 e. The number of piperazine rings is 1. The Morgan fingerprint density at radius 1 is 1.00 bits per heavy atom. The molecule has 3 aromatic rings. The maximum absolute atomic E-state index is 12.6.